The van der Waals surface area contributed by atoms with Gasteiger partial charge in [-0.2, -0.15) is 0 Å². The minimum atomic E-state index is -3.83. The molecular weight excluding hydrogens is 308 g/mol. The number of allylic oxidation sites excluding steroid dienone is 1. The van der Waals surface area contributed by atoms with E-state index in [0.29, 0.717) is 6.42 Å². The van der Waals surface area contributed by atoms with Crippen LogP contribution in [0.1, 0.15) is 32.1 Å². The molecule has 0 radical (unpaired) electrons. The lowest BCUT2D eigenvalue weighted by Gasteiger charge is -2.13. The maximum Gasteiger partial charge on any atom is 0.312 e. The molecule has 8 nitrogen and oxygen atoms in total. The highest BCUT2D eigenvalue weighted by molar-refractivity contribution is 7.89. The molecule has 22 heavy (non-hydrogen) atoms. The number of hydrogen-bond acceptors (Lipinski definition) is 6. The first-order valence-electron chi connectivity index (χ1n) is 6.97. The first kappa shape index (κ1) is 16.4. The number of nitrogens with two attached hydrogens (primary N) is 1. The van der Waals surface area contributed by atoms with Crippen molar-refractivity contribution < 1.29 is 13.3 Å². The van der Waals surface area contributed by atoms with Gasteiger partial charge in [0.1, 0.15) is 4.90 Å². The predicted octanol–water partition coefficient (Wildman–Crippen LogP) is 1.74. The number of hydrogen-bond donors (Lipinski definition) is 2. The summed E-state index contributed by atoms with van der Waals surface area (Å²) in [4.78, 5) is 13.3. The van der Waals surface area contributed by atoms with Gasteiger partial charge in [-0.15, -0.1) is 0 Å². The Labute approximate surface area is 128 Å². The Morgan fingerprint density at radius 3 is 2.82 bits per heavy atom. The molecule has 0 atom stereocenters. The first-order valence-corrected chi connectivity index (χ1v) is 8.46. The van der Waals surface area contributed by atoms with Gasteiger partial charge in [0.2, 0.25) is 15.8 Å². The van der Waals surface area contributed by atoms with Crippen molar-refractivity contribution in [1.82, 2.24) is 9.71 Å². The Balaban J connectivity index is 2.05. The zero-order valence-electron chi connectivity index (χ0n) is 12.0. The van der Waals surface area contributed by atoms with Gasteiger partial charge in [-0.3, -0.25) is 10.1 Å². The van der Waals surface area contributed by atoms with Crippen molar-refractivity contribution >= 4 is 21.5 Å². The number of aromatic nitrogens is 1. The molecule has 1 aromatic rings. The summed E-state index contributed by atoms with van der Waals surface area (Å²) in [6, 6.07) is 0.921. The molecule has 9 heteroatoms. The minimum absolute atomic E-state index is 0.256. The molecule has 0 fully saturated rings. The lowest BCUT2D eigenvalue weighted by Crippen LogP contribution is -2.25. The van der Waals surface area contributed by atoms with Crippen molar-refractivity contribution in [2.75, 3.05) is 12.3 Å². The van der Waals surface area contributed by atoms with Crippen LogP contribution < -0.4 is 10.5 Å². The van der Waals surface area contributed by atoms with E-state index in [2.05, 4.69) is 15.8 Å². The zero-order valence-corrected chi connectivity index (χ0v) is 12.8. The summed E-state index contributed by atoms with van der Waals surface area (Å²) in [6.07, 6.45) is 8.15. The number of pyridine rings is 1. The van der Waals surface area contributed by atoms with E-state index in [4.69, 9.17) is 5.73 Å². The van der Waals surface area contributed by atoms with Gasteiger partial charge in [-0.25, -0.2) is 18.1 Å². The van der Waals surface area contributed by atoms with Gasteiger partial charge in [-0.05, 0) is 32.1 Å². The first-order chi connectivity index (χ1) is 10.4. The van der Waals surface area contributed by atoms with Crippen molar-refractivity contribution in [2.45, 2.75) is 37.0 Å². The second kappa shape index (κ2) is 6.84. The van der Waals surface area contributed by atoms with Crippen LogP contribution in [0.5, 0.6) is 0 Å². The highest BCUT2D eigenvalue weighted by atomic mass is 32.2. The van der Waals surface area contributed by atoms with Gasteiger partial charge >= 0.3 is 5.69 Å². The zero-order chi connectivity index (χ0) is 16.2. The molecule has 1 aliphatic carbocycles. The van der Waals surface area contributed by atoms with E-state index in [-0.39, 0.29) is 17.3 Å². The molecule has 1 aliphatic rings. The Bertz CT molecular complexity index is 700. The highest BCUT2D eigenvalue weighted by Gasteiger charge is 2.21. The molecule has 0 unspecified atom stereocenters. The third kappa shape index (κ3) is 4.01. The van der Waals surface area contributed by atoms with Crippen LogP contribution in [-0.2, 0) is 10.0 Å². The Hall–Kier alpha value is -2.00. The van der Waals surface area contributed by atoms with E-state index in [9.17, 15) is 18.5 Å². The van der Waals surface area contributed by atoms with Gasteiger partial charge in [0.25, 0.3) is 0 Å². The SMILES string of the molecule is Nc1ncc(S(=O)(=O)NCCC2=CCCCC2)cc1[N+](=O)[O-]. The lowest BCUT2D eigenvalue weighted by molar-refractivity contribution is -0.384. The molecular formula is C13H18N4O4S. The number of rotatable bonds is 6. The van der Waals surface area contributed by atoms with Crippen molar-refractivity contribution in [3.8, 4) is 0 Å². The summed E-state index contributed by atoms with van der Waals surface area (Å²) in [6.45, 7) is 0.256. The van der Waals surface area contributed by atoms with Gasteiger partial charge < -0.3 is 5.73 Å². The van der Waals surface area contributed by atoms with E-state index in [0.717, 1.165) is 31.5 Å². The van der Waals surface area contributed by atoms with E-state index < -0.39 is 20.6 Å². The number of nitrogen functional groups attached to an aromatic ring is 1. The number of nitrogens with zero attached hydrogens (tertiary/aromatic N) is 2. The molecule has 3 N–H and O–H groups in total. The quantitative estimate of drug-likeness (QED) is 0.465. The molecule has 0 amide bonds. The summed E-state index contributed by atoms with van der Waals surface area (Å²) in [7, 11) is -3.83. The highest BCUT2D eigenvalue weighted by Crippen LogP contribution is 2.23. The van der Waals surface area contributed by atoms with Crippen molar-refractivity contribution in [3.05, 3.63) is 34.0 Å². The minimum Gasteiger partial charge on any atom is -0.378 e. The number of nitro groups is 1. The van der Waals surface area contributed by atoms with E-state index in [1.165, 1.54) is 12.0 Å². The van der Waals surface area contributed by atoms with Gasteiger partial charge in [-0.1, -0.05) is 11.6 Å². The van der Waals surface area contributed by atoms with Crippen molar-refractivity contribution in [1.29, 1.82) is 0 Å². The maximum atomic E-state index is 12.1. The molecule has 0 spiro atoms. The van der Waals surface area contributed by atoms with Crippen LogP contribution in [-0.4, -0.2) is 24.9 Å². The Morgan fingerprint density at radius 1 is 1.41 bits per heavy atom. The van der Waals surface area contributed by atoms with E-state index >= 15 is 0 Å². The van der Waals surface area contributed by atoms with Crippen LogP contribution in [0.2, 0.25) is 0 Å². The fourth-order valence-corrected chi connectivity index (χ4v) is 3.30. The van der Waals surface area contributed by atoms with Crippen LogP contribution in [0.25, 0.3) is 0 Å². The molecule has 0 aliphatic heterocycles. The van der Waals surface area contributed by atoms with Crippen LogP contribution in [0.3, 0.4) is 0 Å². The molecule has 0 saturated carbocycles. The largest absolute Gasteiger partial charge is 0.378 e. The standard InChI is InChI=1S/C13H18N4O4S/c14-13-12(17(18)19)8-11(9-15-13)22(20,21)16-7-6-10-4-2-1-3-5-10/h4,8-9,16H,1-3,5-7H2,(H2,14,15). The number of sulfonamides is 1. The molecule has 2 rings (SSSR count). The molecule has 120 valence electrons. The van der Waals surface area contributed by atoms with Crippen molar-refractivity contribution in [3.63, 3.8) is 0 Å². The molecule has 1 aromatic heterocycles. The fraction of sp³-hybridized carbons (Fsp3) is 0.462. The third-order valence-electron chi connectivity index (χ3n) is 3.50. The molecule has 0 saturated heterocycles. The van der Waals surface area contributed by atoms with Crippen LogP contribution in [0.15, 0.2) is 28.8 Å². The lowest BCUT2D eigenvalue weighted by atomic mass is 9.97. The van der Waals surface area contributed by atoms with E-state index in [1.54, 1.807) is 0 Å². The normalized spacial score (nSPS) is 15.4. The molecule has 0 bridgehead atoms. The summed E-state index contributed by atoms with van der Waals surface area (Å²) in [5.74, 6) is -0.309. The average Bonchev–Trinajstić information content (AvgIpc) is 2.48. The molecule has 1 heterocycles. The summed E-state index contributed by atoms with van der Waals surface area (Å²) in [5, 5.41) is 10.8. The monoisotopic (exact) mass is 326 g/mol. The number of anilines is 1. The summed E-state index contributed by atoms with van der Waals surface area (Å²) < 4.78 is 26.7. The molecule has 0 aromatic carbocycles. The third-order valence-corrected chi connectivity index (χ3v) is 4.93. The second-order valence-corrected chi connectivity index (χ2v) is 6.86. The van der Waals surface area contributed by atoms with Gasteiger partial charge in [0.15, 0.2) is 0 Å². The maximum absolute atomic E-state index is 12.1. The van der Waals surface area contributed by atoms with Crippen LogP contribution in [0, 0.1) is 10.1 Å². The van der Waals surface area contributed by atoms with Gasteiger partial charge in [0, 0.05) is 18.8 Å². The fourth-order valence-electron chi connectivity index (χ4n) is 2.30. The predicted molar refractivity (Wildman–Crippen MR) is 81.7 cm³/mol. The number of nitrogens with one attached hydrogen (secondary N) is 1. The van der Waals surface area contributed by atoms with Gasteiger partial charge in [0.05, 0.1) is 4.92 Å². The second-order valence-electron chi connectivity index (χ2n) is 5.09. The summed E-state index contributed by atoms with van der Waals surface area (Å²) >= 11 is 0. The van der Waals surface area contributed by atoms with Crippen LogP contribution in [0.4, 0.5) is 11.5 Å². The van der Waals surface area contributed by atoms with E-state index in [1.807, 2.05) is 0 Å². The Kier molecular flexibility index (Phi) is 5.09. The van der Waals surface area contributed by atoms with Crippen molar-refractivity contribution in [2.24, 2.45) is 0 Å². The van der Waals surface area contributed by atoms with Crippen LogP contribution >= 0.6 is 0 Å². The Morgan fingerprint density at radius 2 is 2.18 bits per heavy atom. The smallest absolute Gasteiger partial charge is 0.312 e. The average molecular weight is 326 g/mol. The summed E-state index contributed by atoms with van der Waals surface area (Å²) in [5.41, 5.74) is 6.09. The topological polar surface area (TPSA) is 128 Å².